The Labute approximate surface area is 145 Å². The molecule has 0 saturated carbocycles. The molecule has 0 bridgehead atoms. The number of hydrogen-bond acceptors (Lipinski definition) is 5. The lowest BCUT2D eigenvalue weighted by molar-refractivity contribution is 0.102. The third-order valence-corrected chi connectivity index (χ3v) is 4.82. The normalized spacial score (nSPS) is 11.3. The minimum Gasteiger partial charge on any atom is -0.496 e. The van der Waals surface area contributed by atoms with Crippen LogP contribution in [0.2, 0.25) is 0 Å². The number of hydrogen-bond donors (Lipinski definition) is 1. The van der Waals surface area contributed by atoms with Crippen molar-refractivity contribution in [3.63, 3.8) is 0 Å². The molecule has 1 heterocycles. The molecule has 0 atom stereocenters. The number of nitrogens with zero attached hydrogens (tertiary/aromatic N) is 1. The van der Waals surface area contributed by atoms with E-state index in [1.165, 1.54) is 19.2 Å². The van der Waals surface area contributed by atoms with E-state index in [1.54, 1.807) is 30.5 Å². The van der Waals surface area contributed by atoms with Crippen molar-refractivity contribution in [3.05, 3.63) is 60.4 Å². The zero-order valence-corrected chi connectivity index (χ0v) is 14.5. The molecule has 0 saturated heterocycles. The van der Waals surface area contributed by atoms with Gasteiger partial charge in [-0.05, 0) is 35.7 Å². The van der Waals surface area contributed by atoms with Crippen LogP contribution < -0.4 is 10.1 Å². The molecule has 0 aliphatic heterocycles. The van der Waals surface area contributed by atoms with Crippen LogP contribution in [0.1, 0.15) is 10.5 Å². The van der Waals surface area contributed by atoms with Gasteiger partial charge in [0, 0.05) is 18.1 Å². The van der Waals surface area contributed by atoms with Crippen molar-refractivity contribution >= 4 is 32.2 Å². The number of anilines is 1. The van der Waals surface area contributed by atoms with E-state index in [9.17, 15) is 13.2 Å². The zero-order valence-electron chi connectivity index (χ0n) is 13.7. The first-order chi connectivity index (χ1) is 11.9. The number of methoxy groups -OCH3 is 1. The van der Waals surface area contributed by atoms with Gasteiger partial charge in [0.25, 0.3) is 5.91 Å². The molecule has 3 aromatic rings. The van der Waals surface area contributed by atoms with Gasteiger partial charge in [-0.15, -0.1) is 0 Å². The Bertz CT molecular complexity index is 1060. The Morgan fingerprint density at radius 3 is 2.60 bits per heavy atom. The molecule has 0 aliphatic carbocycles. The molecule has 25 heavy (non-hydrogen) atoms. The maximum absolute atomic E-state index is 12.7. The van der Waals surface area contributed by atoms with Gasteiger partial charge in [-0.25, -0.2) is 8.42 Å². The Kier molecular flexibility index (Phi) is 4.41. The van der Waals surface area contributed by atoms with Gasteiger partial charge in [0.2, 0.25) is 0 Å². The number of sulfone groups is 1. The molecule has 7 heteroatoms. The molecule has 1 aromatic heterocycles. The van der Waals surface area contributed by atoms with Crippen molar-refractivity contribution in [3.8, 4) is 5.75 Å². The van der Waals surface area contributed by atoms with Gasteiger partial charge in [-0.3, -0.25) is 9.78 Å². The first kappa shape index (κ1) is 16.9. The lowest BCUT2D eigenvalue weighted by Gasteiger charge is -2.11. The number of pyridine rings is 1. The summed E-state index contributed by atoms with van der Waals surface area (Å²) in [5.41, 5.74) is 0.585. The van der Waals surface area contributed by atoms with Crippen molar-refractivity contribution in [1.29, 1.82) is 0 Å². The third kappa shape index (κ3) is 3.46. The second kappa shape index (κ2) is 6.52. The smallest absolute Gasteiger partial charge is 0.275 e. The number of amides is 1. The Hall–Kier alpha value is -2.93. The quantitative estimate of drug-likeness (QED) is 0.777. The van der Waals surface area contributed by atoms with Crippen molar-refractivity contribution in [2.45, 2.75) is 4.90 Å². The summed E-state index contributed by atoms with van der Waals surface area (Å²) in [7, 11) is -1.83. The van der Waals surface area contributed by atoms with E-state index in [4.69, 9.17) is 4.74 Å². The summed E-state index contributed by atoms with van der Waals surface area (Å²) < 4.78 is 28.6. The van der Waals surface area contributed by atoms with Gasteiger partial charge >= 0.3 is 0 Å². The highest BCUT2D eigenvalue weighted by Crippen LogP contribution is 2.28. The van der Waals surface area contributed by atoms with Gasteiger partial charge < -0.3 is 10.1 Å². The van der Waals surface area contributed by atoms with E-state index in [0.29, 0.717) is 16.8 Å². The van der Waals surface area contributed by atoms with Crippen molar-refractivity contribution < 1.29 is 17.9 Å². The summed E-state index contributed by atoms with van der Waals surface area (Å²) in [6.07, 6.45) is 2.66. The van der Waals surface area contributed by atoms with Gasteiger partial charge in [-0.1, -0.05) is 18.2 Å². The second-order valence-corrected chi connectivity index (χ2v) is 7.49. The predicted molar refractivity (Wildman–Crippen MR) is 95.8 cm³/mol. The summed E-state index contributed by atoms with van der Waals surface area (Å²) in [4.78, 5) is 17.0. The molecule has 0 spiro atoms. The molecule has 1 N–H and O–H groups in total. The summed E-state index contributed by atoms with van der Waals surface area (Å²) in [5, 5.41) is 4.12. The Morgan fingerprint density at radius 1 is 1.12 bits per heavy atom. The van der Waals surface area contributed by atoms with Crippen LogP contribution in [-0.2, 0) is 9.84 Å². The number of rotatable bonds is 4. The van der Waals surface area contributed by atoms with Crippen LogP contribution in [0.25, 0.3) is 10.8 Å². The highest BCUT2D eigenvalue weighted by molar-refractivity contribution is 7.90. The van der Waals surface area contributed by atoms with Crippen LogP contribution in [0.3, 0.4) is 0 Å². The molecule has 3 rings (SSSR count). The fourth-order valence-corrected chi connectivity index (χ4v) is 3.20. The number of carbonyl (C=O) groups excluding carboxylic acids is 1. The largest absolute Gasteiger partial charge is 0.496 e. The molecule has 128 valence electrons. The maximum atomic E-state index is 12.7. The van der Waals surface area contributed by atoms with Crippen LogP contribution in [0.4, 0.5) is 5.69 Å². The first-order valence-electron chi connectivity index (χ1n) is 7.43. The monoisotopic (exact) mass is 356 g/mol. The van der Waals surface area contributed by atoms with Gasteiger partial charge in [0.15, 0.2) is 9.84 Å². The summed E-state index contributed by atoms with van der Waals surface area (Å²) in [6, 6.07) is 13.3. The third-order valence-electron chi connectivity index (χ3n) is 3.71. The van der Waals surface area contributed by atoms with Crippen LogP contribution >= 0.6 is 0 Å². The van der Waals surface area contributed by atoms with Crippen molar-refractivity contribution in [2.75, 3.05) is 18.7 Å². The van der Waals surface area contributed by atoms with Gasteiger partial charge in [0.1, 0.15) is 11.4 Å². The molecular formula is C18H16N2O4S. The van der Waals surface area contributed by atoms with Crippen molar-refractivity contribution in [2.24, 2.45) is 0 Å². The number of benzene rings is 2. The highest BCUT2D eigenvalue weighted by atomic mass is 32.2. The first-order valence-corrected chi connectivity index (χ1v) is 9.32. The van der Waals surface area contributed by atoms with E-state index in [2.05, 4.69) is 10.3 Å². The van der Waals surface area contributed by atoms with E-state index in [1.807, 2.05) is 12.1 Å². The lowest BCUT2D eigenvalue weighted by Crippen LogP contribution is -2.14. The molecule has 0 fully saturated rings. The van der Waals surface area contributed by atoms with E-state index in [-0.39, 0.29) is 10.6 Å². The Morgan fingerprint density at radius 2 is 1.88 bits per heavy atom. The standard InChI is InChI=1S/C18H16N2O4S/c1-24-15-8-3-5-12-9-10-19-17(16(12)15)18(21)20-13-6-4-7-14(11-13)25(2,22)23/h3-11H,1-2H3,(H,20,21). The van der Waals surface area contributed by atoms with E-state index < -0.39 is 15.7 Å². The fraction of sp³-hybridized carbons (Fsp3) is 0.111. The van der Waals surface area contributed by atoms with Gasteiger partial charge in [-0.2, -0.15) is 0 Å². The number of carbonyl (C=O) groups is 1. The molecule has 2 aromatic carbocycles. The highest BCUT2D eigenvalue weighted by Gasteiger charge is 2.16. The summed E-state index contributed by atoms with van der Waals surface area (Å²) >= 11 is 0. The maximum Gasteiger partial charge on any atom is 0.275 e. The summed E-state index contributed by atoms with van der Waals surface area (Å²) in [6.45, 7) is 0. The van der Waals surface area contributed by atoms with Crippen LogP contribution in [0.5, 0.6) is 5.75 Å². The van der Waals surface area contributed by atoms with Crippen LogP contribution in [-0.4, -0.2) is 32.7 Å². The predicted octanol–water partition coefficient (Wildman–Crippen LogP) is 2.90. The van der Waals surface area contributed by atoms with Crippen LogP contribution in [0, 0.1) is 0 Å². The molecule has 0 radical (unpaired) electrons. The average Bonchev–Trinajstić information content (AvgIpc) is 2.60. The zero-order chi connectivity index (χ0) is 18.0. The lowest BCUT2D eigenvalue weighted by atomic mass is 10.1. The Balaban J connectivity index is 2.02. The van der Waals surface area contributed by atoms with Gasteiger partial charge in [0.05, 0.1) is 17.4 Å². The topological polar surface area (TPSA) is 85.4 Å². The minimum atomic E-state index is -3.36. The molecule has 1 amide bonds. The number of fused-ring (bicyclic) bond motifs is 1. The average molecular weight is 356 g/mol. The minimum absolute atomic E-state index is 0.133. The van der Waals surface area contributed by atoms with Crippen LogP contribution in [0.15, 0.2) is 59.6 Å². The molecule has 0 aliphatic rings. The molecule has 0 unspecified atom stereocenters. The van der Waals surface area contributed by atoms with E-state index in [0.717, 1.165) is 11.6 Å². The molecule has 6 nitrogen and oxygen atoms in total. The molecular weight excluding hydrogens is 340 g/mol. The number of aromatic nitrogens is 1. The second-order valence-electron chi connectivity index (χ2n) is 5.47. The summed E-state index contributed by atoms with van der Waals surface area (Å²) in [5.74, 6) is 0.0985. The number of nitrogens with one attached hydrogen (secondary N) is 1. The van der Waals surface area contributed by atoms with E-state index >= 15 is 0 Å². The van der Waals surface area contributed by atoms with Crippen molar-refractivity contribution in [1.82, 2.24) is 4.98 Å². The SMILES string of the molecule is COc1cccc2ccnc(C(=O)Nc3cccc(S(C)(=O)=O)c3)c12. The number of ether oxygens (including phenoxy) is 1. The fourth-order valence-electron chi connectivity index (χ4n) is 2.53.